The van der Waals surface area contributed by atoms with Crippen LogP contribution in [0, 0.1) is 0 Å². The van der Waals surface area contributed by atoms with Gasteiger partial charge >= 0.3 is 0 Å². The highest BCUT2D eigenvalue weighted by Gasteiger charge is 2.41. The zero-order chi connectivity index (χ0) is 29.9. The first-order valence-electron chi connectivity index (χ1n) is 15.9. The van der Waals surface area contributed by atoms with Crippen molar-refractivity contribution in [2.75, 3.05) is 0 Å². The summed E-state index contributed by atoms with van der Waals surface area (Å²) in [4.78, 5) is 0. The second-order valence-corrected chi connectivity index (χ2v) is 12.4. The van der Waals surface area contributed by atoms with Gasteiger partial charge in [0.2, 0.25) is 0 Å². The molecule has 216 valence electrons. The van der Waals surface area contributed by atoms with Gasteiger partial charge in [-0.1, -0.05) is 97.1 Å². The second-order valence-electron chi connectivity index (χ2n) is 12.4. The predicted molar refractivity (Wildman–Crippen MR) is 186 cm³/mol. The molecule has 0 saturated carbocycles. The number of benzene rings is 6. The monoisotopic (exact) mass is 590 g/mol. The summed E-state index contributed by atoms with van der Waals surface area (Å²) in [6.45, 7) is 0. The van der Waals surface area contributed by atoms with E-state index in [-0.39, 0.29) is 12.0 Å². The van der Waals surface area contributed by atoms with Gasteiger partial charge in [0.1, 0.15) is 17.4 Å². The molecule has 3 aromatic heterocycles. The first-order chi connectivity index (χ1) is 22.8. The van der Waals surface area contributed by atoms with Crippen LogP contribution in [0.3, 0.4) is 0 Å². The lowest BCUT2D eigenvalue weighted by Gasteiger charge is -2.22. The van der Waals surface area contributed by atoms with Crippen LogP contribution in [0.25, 0.3) is 72.1 Å². The van der Waals surface area contributed by atoms with Gasteiger partial charge in [0.05, 0.1) is 33.3 Å². The average molecular weight is 591 g/mol. The van der Waals surface area contributed by atoms with E-state index in [1.54, 1.807) is 0 Å². The van der Waals surface area contributed by atoms with Gasteiger partial charge < -0.3 is 18.3 Å². The van der Waals surface area contributed by atoms with Crippen LogP contribution in [0.2, 0.25) is 0 Å². The first kappa shape index (κ1) is 24.3. The lowest BCUT2D eigenvalue weighted by Crippen LogP contribution is -2.13. The van der Waals surface area contributed by atoms with Crippen molar-refractivity contribution in [1.82, 2.24) is 9.13 Å². The van der Waals surface area contributed by atoms with Gasteiger partial charge in [0, 0.05) is 44.3 Å². The van der Waals surface area contributed by atoms with Crippen LogP contribution >= 0.6 is 0 Å². The Bertz CT molecular complexity index is 2740. The first-order valence-corrected chi connectivity index (χ1v) is 15.9. The van der Waals surface area contributed by atoms with Gasteiger partial charge in [0.25, 0.3) is 0 Å². The summed E-state index contributed by atoms with van der Waals surface area (Å²) in [5, 5.41) is 5.85. The van der Waals surface area contributed by atoms with Crippen LogP contribution in [-0.2, 0) is 0 Å². The number of hydrogen-bond acceptors (Lipinski definition) is 2. The highest BCUT2D eigenvalue weighted by atomic mass is 16.5. The molecule has 1 aliphatic carbocycles. The van der Waals surface area contributed by atoms with E-state index in [2.05, 4.69) is 143 Å². The number of rotatable bonds is 2. The van der Waals surface area contributed by atoms with Gasteiger partial charge in [-0.2, -0.15) is 0 Å². The zero-order valence-electron chi connectivity index (χ0n) is 24.7. The molecule has 0 N–H and O–H groups in total. The number of ether oxygens (including phenoxy) is 1. The molecule has 0 bridgehead atoms. The molecule has 2 aliphatic rings. The number of nitrogens with zero attached hydrogens (tertiary/aromatic N) is 2. The van der Waals surface area contributed by atoms with Crippen LogP contribution in [0.5, 0.6) is 5.75 Å². The summed E-state index contributed by atoms with van der Waals surface area (Å²) in [7, 11) is 0. The third-order valence-corrected chi connectivity index (χ3v) is 10.1. The fourth-order valence-corrected chi connectivity index (χ4v) is 8.21. The number of aromatic nitrogens is 2. The SMILES string of the molecule is C1=CC2c3ccc4c(c3O[C@@H]2c2c1n(-c1cccc3c1oc1ccccc13)c1ccccc21)c1ccccc1n4-c1ccccc1. The lowest BCUT2D eigenvalue weighted by molar-refractivity contribution is 0.227. The summed E-state index contributed by atoms with van der Waals surface area (Å²) in [6, 6.07) is 47.3. The van der Waals surface area contributed by atoms with Crippen molar-refractivity contribution in [2.24, 2.45) is 0 Å². The average Bonchev–Trinajstić information content (AvgIpc) is 3.86. The van der Waals surface area contributed by atoms with E-state index in [9.17, 15) is 0 Å². The minimum atomic E-state index is -0.138. The van der Waals surface area contributed by atoms with Crippen molar-refractivity contribution in [3.05, 3.63) is 156 Å². The Kier molecular flexibility index (Phi) is 4.66. The highest BCUT2D eigenvalue weighted by molar-refractivity contribution is 6.13. The molecular weight excluding hydrogens is 564 g/mol. The smallest absolute Gasteiger partial charge is 0.159 e. The Balaban J connectivity index is 1.15. The molecule has 1 unspecified atom stereocenters. The Morgan fingerprint density at radius 3 is 2.13 bits per heavy atom. The van der Waals surface area contributed by atoms with Crippen LogP contribution < -0.4 is 4.74 Å². The molecule has 4 heteroatoms. The number of para-hydroxylation sites is 5. The topological polar surface area (TPSA) is 32.2 Å². The summed E-state index contributed by atoms with van der Waals surface area (Å²) >= 11 is 0. The summed E-state index contributed by atoms with van der Waals surface area (Å²) < 4.78 is 18.5. The van der Waals surface area contributed by atoms with E-state index in [0.29, 0.717) is 0 Å². The minimum Gasteiger partial charge on any atom is -0.484 e. The largest absolute Gasteiger partial charge is 0.484 e. The lowest BCUT2D eigenvalue weighted by atomic mass is 9.85. The molecular formula is C42H26N2O2. The van der Waals surface area contributed by atoms with E-state index in [4.69, 9.17) is 9.15 Å². The van der Waals surface area contributed by atoms with Crippen molar-refractivity contribution in [2.45, 2.75) is 12.0 Å². The van der Waals surface area contributed by atoms with E-state index >= 15 is 0 Å². The molecule has 0 radical (unpaired) electrons. The molecule has 4 nitrogen and oxygen atoms in total. The molecule has 46 heavy (non-hydrogen) atoms. The number of hydrogen-bond donors (Lipinski definition) is 0. The summed E-state index contributed by atoms with van der Waals surface area (Å²) in [5.41, 5.74) is 11.1. The molecule has 2 atom stereocenters. The molecule has 0 saturated heterocycles. The van der Waals surface area contributed by atoms with Gasteiger partial charge in [-0.05, 0) is 48.5 Å². The molecule has 0 amide bonds. The molecule has 11 rings (SSSR count). The van der Waals surface area contributed by atoms with Crippen molar-refractivity contribution < 1.29 is 9.15 Å². The molecule has 6 aromatic carbocycles. The second kappa shape index (κ2) is 8.80. The van der Waals surface area contributed by atoms with Gasteiger partial charge in [-0.3, -0.25) is 0 Å². The van der Waals surface area contributed by atoms with Gasteiger partial charge in [-0.15, -0.1) is 0 Å². The van der Waals surface area contributed by atoms with E-state index in [1.165, 1.54) is 32.8 Å². The fraction of sp³-hybridized carbons (Fsp3) is 0.0476. The Morgan fingerprint density at radius 1 is 0.543 bits per heavy atom. The Morgan fingerprint density at radius 2 is 1.26 bits per heavy atom. The Labute approximate surface area is 264 Å². The maximum absolute atomic E-state index is 7.20. The quantitative estimate of drug-likeness (QED) is 0.201. The van der Waals surface area contributed by atoms with Crippen molar-refractivity contribution in [1.29, 1.82) is 0 Å². The van der Waals surface area contributed by atoms with E-state index in [1.807, 2.05) is 12.1 Å². The molecule has 4 heterocycles. The van der Waals surface area contributed by atoms with Gasteiger partial charge in [-0.25, -0.2) is 0 Å². The van der Waals surface area contributed by atoms with E-state index in [0.717, 1.165) is 55.8 Å². The van der Waals surface area contributed by atoms with Crippen molar-refractivity contribution in [3.63, 3.8) is 0 Å². The summed E-state index contributed by atoms with van der Waals surface area (Å²) in [6.07, 6.45) is 4.50. The molecule has 0 spiro atoms. The van der Waals surface area contributed by atoms with Crippen LogP contribution in [0.4, 0.5) is 0 Å². The number of fused-ring (bicyclic) bond motifs is 14. The third-order valence-electron chi connectivity index (χ3n) is 10.1. The molecule has 0 fully saturated rings. The third kappa shape index (κ3) is 3.03. The van der Waals surface area contributed by atoms with Gasteiger partial charge in [0.15, 0.2) is 5.58 Å². The van der Waals surface area contributed by atoms with Crippen LogP contribution in [0.15, 0.2) is 144 Å². The zero-order valence-corrected chi connectivity index (χ0v) is 24.7. The minimum absolute atomic E-state index is 0.118. The van der Waals surface area contributed by atoms with Crippen molar-refractivity contribution >= 4 is 60.7 Å². The predicted octanol–water partition coefficient (Wildman–Crippen LogP) is 10.9. The normalized spacial score (nSPS) is 16.8. The Hall–Kier alpha value is -6.00. The summed E-state index contributed by atoms with van der Waals surface area (Å²) in [5.74, 6) is 1.11. The fourth-order valence-electron chi connectivity index (χ4n) is 8.21. The van der Waals surface area contributed by atoms with Crippen molar-refractivity contribution in [3.8, 4) is 17.1 Å². The maximum Gasteiger partial charge on any atom is 0.159 e. The number of furan rings is 1. The maximum atomic E-state index is 7.20. The molecule has 1 aliphatic heterocycles. The molecule has 9 aromatic rings. The standard InChI is InChI=1S/C42H26N2O2/c1-2-11-25(12-3-1)43-32-17-7-4-14-30(32)38-34(43)23-21-28-29-22-24-35-39(42(29)46-41(28)38)31-15-5-8-18-33(31)44(35)36-19-10-16-27-26-13-6-9-20-37(26)45-40(27)36/h1-24,29,42H/t29?,42-/m0/s1. The van der Waals surface area contributed by atoms with E-state index < -0.39 is 0 Å². The highest BCUT2D eigenvalue weighted by Crippen LogP contribution is 2.56. The van der Waals surface area contributed by atoms with Crippen LogP contribution in [0.1, 0.15) is 28.8 Å². The van der Waals surface area contributed by atoms with Crippen LogP contribution in [-0.4, -0.2) is 9.13 Å².